The molecule has 11 heteroatoms. The zero-order valence-electron chi connectivity index (χ0n) is 21.8. The zero-order chi connectivity index (χ0) is 26.8. The second-order valence-corrected chi connectivity index (χ2v) is 14.9. The summed E-state index contributed by atoms with van der Waals surface area (Å²) in [6.45, 7) is 19.4. The Morgan fingerprint density at radius 3 is 2.20 bits per heavy atom. The Kier molecular flexibility index (Phi) is 11.7. The van der Waals surface area contributed by atoms with Crippen LogP contribution in [0.4, 0.5) is 9.59 Å². The molecule has 0 aromatic heterocycles. The molecule has 0 radical (unpaired) electrons. The highest BCUT2D eigenvalue weighted by atomic mass is 28.4. The van der Waals surface area contributed by atoms with Crippen LogP contribution in [-0.2, 0) is 23.5 Å². The summed E-state index contributed by atoms with van der Waals surface area (Å²) in [7, 11) is -2.09. The lowest BCUT2D eigenvalue weighted by Crippen LogP contribution is -2.64. The molecule has 3 N–H and O–H groups in total. The second-order valence-electron chi connectivity index (χ2n) is 10.2. The van der Waals surface area contributed by atoms with E-state index in [0.29, 0.717) is 0 Å². The molecule has 1 aliphatic heterocycles. The van der Waals surface area contributed by atoms with Gasteiger partial charge < -0.3 is 29.9 Å². The van der Waals surface area contributed by atoms with Crippen molar-refractivity contribution in [2.45, 2.75) is 76.9 Å². The largest absolute Gasteiger partial charge is 0.445 e. The van der Waals surface area contributed by atoms with Gasteiger partial charge in [0.05, 0.1) is 18.1 Å². The first-order chi connectivity index (χ1) is 16.2. The monoisotopic (exact) mass is 511 g/mol. The number of ketones is 1. The van der Waals surface area contributed by atoms with Crippen LogP contribution in [0.1, 0.15) is 40.5 Å². The summed E-state index contributed by atoms with van der Waals surface area (Å²) >= 11 is 0. The van der Waals surface area contributed by atoms with Crippen molar-refractivity contribution in [1.82, 2.24) is 16.0 Å². The van der Waals surface area contributed by atoms with Gasteiger partial charge in [-0.25, -0.2) is 9.59 Å². The van der Waals surface area contributed by atoms with E-state index < -0.39 is 32.5 Å². The van der Waals surface area contributed by atoms with Crippen LogP contribution in [0.5, 0.6) is 0 Å². The number of rotatable bonds is 14. The van der Waals surface area contributed by atoms with Crippen molar-refractivity contribution in [1.29, 1.82) is 0 Å². The molecule has 0 bridgehead atoms. The number of amides is 3. The van der Waals surface area contributed by atoms with Crippen LogP contribution in [0.25, 0.3) is 0 Å². The molecule has 0 aromatic rings. The summed E-state index contributed by atoms with van der Waals surface area (Å²) < 4.78 is 16.1. The number of nitrogens with one attached hydrogen (secondary N) is 3. The molecule has 0 aromatic carbocycles. The molecule has 1 rings (SSSR count). The van der Waals surface area contributed by atoms with Gasteiger partial charge in [-0.1, -0.05) is 46.1 Å². The number of carbonyl (C=O) groups is 4. The van der Waals surface area contributed by atoms with Gasteiger partial charge >= 0.3 is 12.2 Å². The molecule has 35 heavy (non-hydrogen) atoms. The van der Waals surface area contributed by atoms with E-state index in [-0.39, 0.29) is 61.5 Å². The van der Waals surface area contributed by atoms with Crippen LogP contribution in [0.3, 0.4) is 0 Å². The summed E-state index contributed by atoms with van der Waals surface area (Å²) in [6.07, 6.45) is 1.08. The van der Waals surface area contributed by atoms with Gasteiger partial charge in [0, 0.05) is 25.4 Å². The van der Waals surface area contributed by atoms with Gasteiger partial charge in [0.15, 0.2) is 8.32 Å². The average Bonchev–Trinajstić information content (AvgIpc) is 2.72. The summed E-state index contributed by atoms with van der Waals surface area (Å²) in [5, 5.41) is 7.86. The van der Waals surface area contributed by atoms with Gasteiger partial charge in [-0.2, -0.15) is 0 Å². The minimum Gasteiger partial charge on any atom is -0.445 e. The average molecular weight is 512 g/mol. The van der Waals surface area contributed by atoms with Gasteiger partial charge in [-0.3, -0.25) is 9.59 Å². The van der Waals surface area contributed by atoms with Crippen molar-refractivity contribution in [3.8, 4) is 0 Å². The Labute approximate surface area is 209 Å². The van der Waals surface area contributed by atoms with E-state index in [1.165, 1.54) is 12.2 Å². The predicted molar refractivity (Wildman–Crippen MR) is 135 cm³/mol. The lowest BCUT2D eigenvalue weighted by atomic mass is 9.82. The van der Waals surface area contributed by atoms with E-state index in [1.807, 2.05) is 6.92 Å². The third-order valence-corrected chi connectivity index (χ3v) is 10.8. The smallest absolute Gasteiger partial charge is 0.407 e. The maximum Gasteiger partial charge on any atom is 0.407 e. The second kappa shape index (κ2) is 13.4. The lowest BCUT2D eigenvalue weighted by Gasteiger charge is -2.45. The number of hydrogen-bond donors (Lipinski definition) is 3. The molecule has 4 atom stereocenters. The first kappa shape index (κ1) is 30.4. The fourth-order valence-corrected chi connectivity index (χ4v) is 4.83. The van der Waals surface area contributed by atoms with E-state index in [4.69, 9.17) is 13.9 Å². The van der Waals surface area contributed by atoms with Crippen molar-refractivity contribution >= 4 is 32.2 Å². The fourth-order valence-electron chi connectivity index (χ4n) is 3.40. The topological polar surface area (TPSA) is 132 Å². The van der Waals surface area contributed by atoms with Gasteiger partial charge in [-0.05, 0) is 25.1 Å². The Morgan fingerprint density at radius 1 is 1.11 bits per heavy atom. The number of alkyl carbamates (subject to hydrolysis) is 2. The number of Topliss-reactive ketones (excluding diaryl/α,β-unsaturated/α-hetero) is 1. The van der Waals surface area contributed by atoms with Gasteiger partial charge in [0.2, 0.25) is 5.91 Å². The fraction of sp³-hybridized carbons (Fsp3) is 0.667. The van der Waals surface area contributed by atoms with Crippen LogP contribution < -0.4 is 16.0 Å². The Morgan fingerprint density at radius 2 is 1.69 bits per heavy atom. The number of carbonyl (C=O) groups excluding carboxylic acids is 4. The molecule has 1 fully saturated rings. The molecule has 198 valence electrons. The maximum atomic E-state index is 12.8. The van der Waals surface area contributed by atoms with E-state index in [1.54, 1.807) is 0 Å². The van der Waals surface area contributed by atoms with Crippen molar-refractivity contribution < 1.29 is 33.1 Å². The summed E-state index contributed by atoms with van der Waals surface area (Å²) in [5.41, 5.74) is 0. The molecule has 1 heterocycles. The van der Waals surface area contributed by atoms with Gasteiger partial charge in [0.25, 0.3) is 0 Å². The van der Waals surface area contributed by atoms with Crippen LogP contribution in [0.15, 0.2) is 25.3 Å². The van der Waals surface area contributed by atoms with Crippen LogP contribution in [-0.4, -0.2) is 70.1 Å². The van der Waals surface area contributed by atoms with Crippen molar-refractivity contribution in [2.24, 2.45) is 5.92 Å². The third kappa shape index (κ3) is 9.85. The van der Waals surface area contributed by atoms with Crippen LogP contribution in [0.2, 0.25) is 18.1 Å². The molecule has 10 nitrogen and oxygen atoms in total. The highest BCUT2D eigenvalue weighted by molar-refractivity contribution is 6.74. The Bertz CT molecular complexity index is 794. The van der Waals surface area contributed by atoms with Gasteiger partial charge in [0.1, 0.15) is 19.0 Å². The molecular formula is C24H41N3O7Si. The minimum atomic E-state index is -2.09. The minimum absolute atomic E-state index is 0.00318. The third-order valence-electron chi connectivity index (χ3n) is 6.26. The summed E-state index contributed by atoms with van der Waals surface area (Å²) in [4.78, 5) is 48.9. The SMILES string of the molecule is C=CCOC(=O)NCC(CC(=O)C[C@H]1NC(=O)[C@@H]1[C@@H](C)O[Si](C)(C)C(C)(C)C)NC(=O)OCC=C. The van der Waals surface area contributed by atoms with Crippen LogP contribution >= 0.6 is 0 Å². The van der Waals surface area contributed by atoms with Gasteiger partial charge in [-0.15, -0.1) is 0 Å². The van der Waals surface area contributed by atoms with Crippen molar-refractivity contribution in [2.75, 3.05) is 19.8 Å². The number of β-lactam (4-membered cyclic amide) rings is 1. The molecule has 0 saturated carbocycles. The van der Waals surface area contributed by atoms with Crippen LogP contribution in [0, 0.1) is 5.92 Å². The molecular weight excluding hydrogens is 470 g/mol. The number of ether oxygens (including phenoxy) is 2. The standard InChI is InChI=1S/C24H41N3O7Si/c1-9-11-32-22(30)25-15-17(26-23(31)33-12-10-2)13-18(28)14-19-20(21(29)27-19)16(3)34-35(7,8)24(4,5)6/h9-10,16-17,19-20H,1-2,11-15H2,3-8H3,(H,25,30)(H,26,31)(H,27,29)/t16-,17?,19-,20-/m1/s1. The lowest BCUT2D eigenvalue weighted by molar-refractivity contribution is -0.141. The highest BCUT2D eigenvalue weighted by Crippen LogP contribution is 2.39. The molecule has 0 spiro atoms. The van der Waals surface area contributed by atoms with Crippen molar-refractivity contribution in [3.05, 3.63) is 25.3 Å². The maximum absolute atomic E-state index is 12.8. The van der Waals surface area contributed by atoms with E-state index >= 15 is 0 Å². The first-order valence-corrected chi connectivity index (χ1v) is 14.7. The van der Waals surface area contributed by atoms with Crippen molar-refractivity contribution in [3.63, 3.8) is 0 Å². The molecule has 0 aliphatic carbocycles. The molecule has 3 amide bonds. The zero-order valence-corrected chi connectivity index (χ0v) is 22.8. The first-order valence-electron chi connectivity index (χ1n) is 11.8. The quantitative estimate of drug-likeness (QED) is 0.185. The highest BCUT2D eigenvalue weighted by Gasteiger charge is 2.47. The summed E-state index contributed by atoms with van der Waals surface area (Å²) in [5.74, 6) is -0.748. The van der Waals surface area contributed by atoms with E-state index in [0.717, 1.165) is 0 Å². The Hall–Kier alpha value is -2.66. The van der Waals surface area contributed by atoms with E-state index in [9.17, 15) is 19.2 Å². The molecule has 1 unspecified atom stereocenters. The number of hydrogen-bond acceptors (Lipinski definition) is 7. The molecule has 1 aliphatic rings. The normalized spacial score (nSPS) is 19.3. The molecule has 1 saturated heterocycles. The van der Waals surface area contributed by atoms with E-state index in [2.05, 4.69) is 63.0 Å². The summed E-state index contributed by atoms with van der Waals surface area (Å²) in [6, 6.07) is -1.08. The Balaban J connectivity index is 2.75. The predicted octanol–water partition coefficient (Wildman–Crippen LogP) is 3.05.